The highest BCUT2D eigenvalue weighted by atomic mass is 16.4. The number of aromatic nitrogens is 1. The van der Waals surface area contributed by atoms with Gasteiger partial charge < -0.3 is 48.3 Å². The first kappa shape index (κ1) is 30.6. The van der Waals surface area contributed by atoms with Gasteiger partial charge >= 0.3 is 11.9 Å². The van der Waals surface area contributed by atoms with Crippen molar-refractivity contribution in [2.24, 2.45) is 22.2 Å². The van der Waals surface area contributed by atoms with E-state index in [0.717, 1.165) is 16.5 Å². The molecule has 12 N–H and O–H groups in total. The topological polar surface area (TPSA) is 268 Å². The lowest BCUT2D eigenvalue weighted by molar-refractivity contribution is -0.147. The highest BCUT2D eigenvalue weighted by molar-refractivity contribution is 5.94. The Balaban J connectivity index is 2.07. The van der Waals surface area contributed by atoms with Gasteiger partial charge in [-0.15, -0.1) is 0 Å². The van der Waals surface area contributed by atoms with Crippen LogP contribution in [-0.2, 0) is 30.4 Å². The minimum atomic E-state index is -1.69. The zero-order valence-corrected chi connectivity index (χ0v) is 21.3. The first-order chi connectivity index (χ1) is 18.4. The summed E-state index contributed by atoms with van der Waals surface area (Å²) in [6.45, 7) is 1.46. The largest absolute Gasteiger partial charge is 0.481 e. The van der Waals surface area contributed by atoms with Crippen LogP contribution >= 0.6 is 0 Å². The number of hydrogen-bond donors (Lipinski definition) is 9. The zero-order chi connectivity index (χ0) is 29.1. The lowest BCUT2D eigenvalue weighted by Crippen LogP contribution is -2.56. The average Bonchev–Trinajstić information content (AvgIpc) is 3.27. The number of nitrogens with one attached hydrogen (secondary N) is 4. The van der Waals surface area contributed by atoms with Gasteiger partial charge in [-0.1, -0.05) is 18.2 Å². The number of fused-ring (bicyclic) bond motifs is 1. The minimum Gasteiger partial charge on any atom is -0.481 e. The molecule has 39 heavy (non-hydrogen) atoms. The summed E-state index contributed by atoms with van der Waals surface area (Å²) in [5, 5.41) is 25.9. The Hall–Kier alpha value is -4.66. The molecule has 0 saturated heterocycles. The molecule has 0 aliphatic heterocycles. The summed E-state index contributed by atoms with van der Waals surface area (Å²) in [6, 6.07) is 2.46. The van der Waals surface area contributed by atoms with Crippen LogP contribution in [0.3, 0.4) is 0 Å². The normalized spacial score (nSPS) is 13.9. The molecule has 4 unspecified atom stereocenters. The maximum absolute atomic E-state index is 13.0. The quantitative estimate of drug-likeness (QED) is 0.0681. The number of carboxylic acids is 2. The van der Waals surface area contributed by atoms with Gasteiger partial charge in [0.2, 0.25) is 17.7 Å². The van der Waals surface area contributed by atoms with Crippen LogP contribution in [0.15, 0.2) is 35.5 Å². The Labute approximate surface area is 223 Å². The van der Waals surface area contributed by atoms with Gasteiger partial charge in [-0.3, -0.25) is 24.2 Å². The first-order valence-electron chi connectivity index (χ1n) is 12.1. The number of carbonyl (C=O) groups excluding carboxylic acids is 3. The third-order valence-electron chi connectivity index (χ3n) is 5.78. The summed E-state index contributed by atoms with van der Waals surface area (Å²) >= 11 is 0. The van der Waals surface area contributed by atoms with Gasteiger partial charge in [0.15, 0.2) is 5.96 Å². The summed E-state index contributed by atoms with van der Waals surface area (Å²) in [4.78, 5) is 67.4. The number of H-pyrrole nitrogens is 1. The predicted molar refractivity (Wildman–Crippen MR) is 141 cm³/mol. The second kappa shape index (κ2) is 14.3. The van der Waals surface area contributed by atoms with E-state index in [9.17, 15) is 24.0 Å². The fourth-order valence-corrected chi connectivity index (χ4v) is 3.73. The molecule has 0 fully saturated rings. The van der Waals surface area contributed by atoms with Gasteiger partial charge in [0.05, 0.1) is 12.5 Å². The monoisotopic (exact) mass is 546 g/mol. The SMILES string of the molecule is CC(NC(=O)C(CCCN=C(N)N)NC(=O)C(N)Cc1c[nH]c2ccccc12)C(=O)NC(CC(=O)O)C(=O)O. The molecule has 0 spiro atoms. The highest BCUT2D eigenvalue weighted by Gasteiger charge is 2.29. The molecule has 2 rings (SSSR count). The van der Waals surface area contributed by atoms with Crippen LogP contribution < -0.4 is 33.2 Å². The van der Waals surface area contributed by atoms with Gasteiger partial charge in [0.25, 0.3) is 0 Å². The van der Waals surface area contributed by atoms with Crippen LogP contribution in [-0.4, -0.2) is 81.5 Å². The average molecular weight is 547 g/mol. The van der Waals surface area contributed by atoms with Crippen molar-refractivity contribution in [2.45, 2.75) is 56.8 Å². The van der Waals surface area contributed by atoms with Crippen molar-refractivity contribution in [2.75, 3.05) is 6.54 Å². The maximum Gasteiger partial charge on any atom is 0.326 e. The number of amides is 3. The third-order valence-corrected chi connectivity index (χ3v) is 5.78. The van der Waals surface area contributed by atoms with Crippen molar-refractivity contribution in [1.29, 1.82) is 0 Å². The molecule has 1 aromatic carbocycles. The van der Waals surface area contributed by atoms with Crippen LogP contribution in [0, 0.1) is 0 Å². The molecular weight excluding hydrogens is 512 g/mol. The number of aliphatic imine (C=N–C) groups is 1. The number of nitrogens with two attached hydrogens (primary N) is 3. The van der Waals surface area contributed by atoms with Crippen LogP contribution in [0.1, 0.15) is 31.7 Å². The van der Waals surface area contributed by atoms with E-state index in [1.807, 2.05) is 24.3 Å². The van der Waals surface area contributed by atoms with Crippen molar-refractivity contribution in [1.82, 2.24) is 20.9 Å². The number of aliphatic carboxylic acids is 2. The lowest BCUT2D eigenvalue weighted by Gasteiger charge is -2.23. The lowest BCUT2D eigenvalue weighted by atomic mass is 10.0. The van der Waals surface area contributed by atoms with Gasteiger partial charge in [0.1, 0.15) is 18.1 Å². The summed E-state index contributed by atoms with van der Waals surface area (Å²) in [5.41, 5.74) is 18.5. The number of aromatic amines is 1. The fourth-order valence-electron chi connectivity index (χ4n) is 3.73. The van der Waals surface area contributed by atoms with Crippen molar-refractivity contribution in [3.05, 3.63) is 36.0 Å². The van der Waals surface area contributed by atoms with Crippen LogP contribution in [0.4, 0.5) is 0 Å². The third kappa shape index (κ3) is 9.62. The molecule has 2 aromatic rings. The standard InChI is InChI=1S/C24H34N8O7/c1-12(20(35)32-18(23(38)39)10-19(33)34)30-22(37)17(7-4-8-28-24(26)27)31-21(36)15(25)9-13-11-29-16-6-3-2-5-14(13)16/h2-3,5-6,11-12,15,17-18,29H,4,7-10,25H2,1H3,(H,30,37)(H,31,36)(H,32,35)(H,33,34)(H,38,39)(H4,26,27,28). The number of para-hydroxylation sites is 1. The smallest absolute Gasteiger partial charge is 0.326 e. The van der Waals surface area contributed by atoms with Crippen molar-refractivity contribution < 1.29 is 34.2 Å². The molecule has 212 valence electrons. The van der Waals surface area contributed by atoms with Gasteiger partial charge in [-0.25, -0.2) is 4.79 Å². The van der Waals surface area contributed by atoms with Crippen molar-refractivity contribution in [3.63, 3.8) is 0 Å². The zero-order valence-electron chi connectivity index (χ0n) is 21.3. The molecule has 0 saturated carbocycles. The Morgan fingerprint density at radius 2 is 1.64 bits per heavy atom. The van der Waals surface area contributed by atoms with Gasteiger partial charge in [-0.2, -0.15) is 0 Å². The van der Waals surface area contributed by atoms with E-state index in [2.05, 4.69) is 25.9 Å². The molecule has 0 bridgehead atoms. The molecule has 0 aliphatic carbocycles. The number of benzene rings is 1. The van der Waals surface area contributed by atoms with Crippen LogP contribution in [0.25, 0.3) is 10.9 Å². The Kier molecular flexibility index (Phi) is 11.2. The number of guanidine groups is 1. The van der Waals surface area contributed by atoms with E-state index in [0.29, 0.717) is 6.42 Å². The molecule has 0 aliphatic rings. The maximum atomic E-state index is 13.0. The molecule has 3 amide bonds. The Bertz CT molecular complexity index is 1220. The first-order valence-corrected chi connectivity index (χ1v) is 12.1. The van der Waals surface area contributed by atoms with Crippen molar-refractivity contribution >= 4 is 46.5 Å². The Morgan fingerprint density at radius 3 is 2.28 bits per heavy atom. The molecule has 4 atom stereocenters. The van der Waals surface area contributed by atoms with Crippen LogP contribution in [0.2, 0.25) is 0 Å². The number of carbonyl (C=O) groups is 5. The predicted octanol–water partition coefficient (Wildman–Crippen LogP) is -1.88. The summed E-state index contributed by atoms with van der Waals surface area (Å²) < 4.78 is 0. The van der Waals surface area contributed by atoms with Crippen LogP contribution in [0.5, 0.6) is 0 Å². The molecule has 15 heteroatoms. The summed E-state index contributed by atoms with van der Waals surface area (Å²) in [6.07, 6.45) is 1.50. The Morgan fingerprint density at radius 1 is 0.974 bits per heavy atom. The minimum absolute atomic E-state index is 0.0965. The second-order valence-electron chi connectivity index (χ2n) is 8.91. The second-order valence-corrected chi connectivity index (χ2v) is 8.91. The molecule has 1 heterocycles. The highest BCUT2D eigenvalue weighted by Crippen LogP contribution is 2.18. The molecular formula is C24H34N8O7. The van der Waals surface area contributed by atoms with E-state index >= 15 is 0 Å². The summed E-state index contributed by atoms with van der Waals surface area (Å²) in [5.74, 6) is -5.36. The molecule has 1 aromatic heterocycles. The van der Waals surface area contributed by atoms with E-state index in [4.69, 9.17) is 27.4 Å². The van der Waals surface area contributed by atoms with Crippen molar-refractivity contribution in [3.8, 4) is 0 Å². The van der Waals surface area contributed by atoms with E-state index in [1.54, 1.807) is 6.20 Å². The van der Waals surface area contributed by atoms with E-state index < -0.39 is 60.2 Å². The molecule has 0 radical (unpaired) electrons. The van der Waals surface area contributed by atoms with Gasteiger partial charge in [0, 0.05) is 23.6 Å². The molecule has 15 nitrogen and oxygen atoms in total. The fraction of sp³-hybridized carbons (Fsp3) is 0.417. The number of rotatable bonds is 15. The van der Waals surface area contributed by atoms with E-state index in [1.165, 1.54) is 6.92 Å². The number of nitrogens with zero attached hydrogens (tertiary/aromatic N) is 1. The number of hydrogen-bond acceptors (Lipinski definition) is 7. The number of carboxylic acid groups (broad SMARTS) is 2. The van der Waals surface area contributed by atoms with E-state index in [-0.39, 0.29) is 25.3 Å². The van der Waals surface area contributed by atoms with Gasteiger partial charge in [-0.05, 0) is 37.8 Å². The summed E-state index contributed by atoms with van der Waals surface area (Å²) in [7, 11) is 0.